The first kappa shape index (κ1) is 24.7. The summed E-state index contributed by atoms with van der Waals surface area (Å²) in [6, 6.07) is 25.1. The molecule has 3 atom stereocenters. The molecular weight excluding hydrogens is 430 g/mol. The summed E-state index contributed by atoms with van der Waals surface area (Å²) in [7, 11) is 0. The Morgan fingerprint density at radius 2 is 1.24 bits per heavy atom. The first-order chi connectivity index (χ1) is 16.4. The number of hydrogen-bond donors (Lipinski definition) is 4. The average Bonchev–Trinajstić information content (AvgIpc) is 2.85. The highest BCUT2D eigenvalue weighted by Crippen LogP contribution is 2.17. The van der Waals surface area contributed by atoms with E-state index in [1.54, 1.807) is 12.1 Å². The Labute approximate surface area is 199 Å². The van der Waals surface area contributed by atoms with Gasteiger partial charge < -0.3 is 21.5 Å². The third kappa shape index (κ3) is 7.56. The normalized spacial score (nSPS) is 13.3. The number of aliphatic carboxylic acids is 1. The van der Waals surface area contributed by atoms with E-state index in [2.05, 4.69) is 10.6 Å². The van der Waals surface area contributed by atoms with Gasteiger partial charge in [-0.25, -0.2) is 4.79 Å². The second kappa shape index (κ2) is 12.3. The molecule has 2 amide bonds. The number of amides is 2. The van der Waals surface area contributed by atoms with E-state index in [1.165, 1.54) is 0 Å². The van der Waals surface area contributed by atoms with Crippen molar-refractivity contribution in [1.29, 1.82) is 0 Å². The molecule has 0 unspecified atom stereocenters. The SMILES string of the molecule is N[C@@H](Cc1ccccc1)C(=O)N[C@H](CC(=O)N[C@@H](Cc1ccccc1)C(=O)O)c1ccccc1. The van der Waals surface area contributed by atoms with Crippen molar-refractivity contribution in [2.45, 2.75) is 37.4 Å². The number of rotatable bonds is 11. The molecule has 0 aliphatic heterocycles. The lowest BCUT2D eigenvalue weighted by Gasteiger charge is -2.22. The molecule has 7 heteroatoms. The van der Waals surface area contributed by atoms with Crippen molar-refractivity contribution in [2.24, 2.45) is 5.73 Å². The van der Waals surface area contributed by atoms with Crippen LogP contribution in [0.25, 0.3) is 0 Å². The largest absolute Gasteiger partial charge is 0.480 e. The Hall–Kier alpha value is -3.97. The number of nitrogens with one attached hydrogen (secondary N) is 2. The van der Waals surface area contributed by atoms with Gasteiger partial charge in [-0.2, -0.15) is 0 Å². The standard InChI is InChI=1S/C27H29N3O4/c28-22(16-19-10-4-1-5-11-19)26(32)30-23(21-14-8-3-9-15-21)18-25(31)29-24(27(33)34)17-20-12-6-2-7-13-20/h1-15,22-24H,16-18,28H2,(H,29,31)(H,30,32)(H,33,34)/t22-,23+,24-/m0/s1. The molecule has 0 bridgehead atoms. The molecule has 7 nitrogen and oxygen atoms in total. The number of carbonyl (C=O) groups is 3. The Morgan fingerprint density at radius 3 is 1.76 bits per heavy atom. The Morgan fingerprint density at radius 1 is 0.735 bits per heavy atom. The molecule has 0 aliphatic carbocycles. The molecule has 0 aliphatic rings. The van der Waals surface area contributed by atoms with E-state index < -0.39 is 30.0 Å². The number of carbonyl (C=O) groups excluding carboxylic acids is 2. The lowest BCUT2D eigenvalue weighted by molar-refractivity contribution is -0.142. The molecule has 3 aromatic rings. The van der Waals surface area contributed by atoms with Crippen LogP contribution >= 0.6 is 0 Å². The fraction of sp³-hybridized carbons (Fsp3) is 0.222. The summed E-state index contributed by atoms with van der Waals surface area (Å²) in [5, 5.41) is 15.0. The van der Waals surface area contributed by atoms with Gasteiger partial charge in [0.15, 0.2) is 0 Å². The number of benzene rings is 3. The molecule has 5 N–H and O–H groups in total. The molecule has 176 valence electrons. The van der Waals surface area contributed by atoms with Crippen LogP contribution in [0.2, 0.25) is 0 Å². The Balaban J connectivity index is 1.67. The van der Waals surface area contributed by atoms with Crippen LogP contribution in [0.5, 0.6) is 0 Å². The van der Waals surface area contributed by atoms with Crippen molar-refractivity contribution in [3.05, 3.63) is 108 Å². The monoisotopic (exact) mass is 459 g/mol. The zero-order valence-corrected chi connectivity index (χ0v) is 18.8. The van der Waals surface area contributed by atoms with E-state index in [0.717, 1.165) is 16.7 Å². The van der Waals surface area contributed by atoms with Gasteiger partial charge in [-0.1, -0.05) is 91.0 Å². The summed E-state index contributed by atoms with van der Waals surface area (Å²) in [5.41, 5.74) is 8.59. The fourth-order valence-corrected chi connectivity index (χ4v) is 3.67. The minimum absolute atomic E-state index is 0.119. The van der Waals surface area contributed by atoms with Crippen LogP contribution < -0.4 is 16.4 Å². The van der Waals surface area contributed by atoms with E-state index in [0.29, 0.717) is 6.42 Å². The number of carboxylic acids is 1. The number of carboxylic acid groups (broad SMARTS) is 1. The van der Waals surface area contributed by atoms with Crippen LogP contribution in [0.4, 0.5) is 0 Å². The summed E-state index contributed by atoms with van der Waals surface area (Å²) in [5.74, 6) is -1.99. The summed E-state index contributed by atoms with van der Waals surface area (Å²) in [6.07, 6.45) is 0.400. The molecule has 3 aromatic carbocycles. The van der Waals surface area contributed by atoms with Gasteiger partial charge in [0.1, 0.15) is 6.04 Å². The lowest BCUT2D eigenvalue weighted by Crippen LogP contribution is -2.46. The summed E-state index contributed by atoms with van der Waals surface area (Å²) in [4.78, 5) is 37.4. The molecule has 0 heterocycles. The molecule has 0 saturated carbocycles. The third-order valence-electron chi connectivity index (χ3n) is 5.46. The second-order valence-electron chi connectivity index (χ2n) is 8.12. The van der Waals surface area contributed by atoms with Crippen LogP contribution in [0.15, 0.2) is 91.0 Å². The summed E-state index contributed by atoms with van der Waals surface area (Å²) < 4.78 is 0. The zero-order valence-electron chi connectivity index (χ0n) is 18.8. The first-order valence-corrected chi connectivity index (χ1v) is 11.1. The molecule has 0 fully saturated rings. The maximum absolute atomic E-state index is 12.8. The van der Waals surface area contributed by atoms with Crippen LogP contribution in [-0.2, 0) is 27.2 Å². The average molecular weight is 460 g/mol. The minimum Gasteiger partial charge on any atom is -0.480 e. The quantitative estimate of drug-likeness (QED) is 0.351. The van der Waals surface area contributed by atoms with Crippen molar-refractivity contribution in [1.82, 2.24) is 10.6 Å². The predicted molar refractivity (Wildman–Crippen MR) is 130 cm³/mol. The molecule has 0 spiro atoms. The van der Waals surface area contributed by atoms with Crippen molar-refractivity contribution in [3.8, 4) is 0 Å². The van der Waals surface area contributed by atoms with Gasteiger partial charge in [-0.05, 0) is 23.1 Å². The smallest absolute Gasteiger partial charge is 0.326 e. The maximum atomic E-state index is 12.8. The van der Waals surface area contributed by atoms with Gasteiger partial charge in [0, 0.05) is 6.42 Å². The predicted octanol–water partition coefficient (Wildman–Crippen LogP) is 2.62. The van der Waals surface area contributed by atoms with E-state index in [-0.39, 0.29) is 18.7 Å². The Bertz CT molecular complexity index is 1070. The van der Waals surface area contributed by atoms with Crippen LogP contribution in [0.3, 0.4) is 0 Å². The van der Waals surface area contributed by atoms with Gasteiger partial charge in [0.05, 0.1) is 18.5 Å². The fourth-order valence-electron chi connectivity index (χ4n) is 3.67. The van der Waals surface area contributed by atoms with Crippen molar-refractivity contribution >= 4 is 17.8 Å². The van der Waals surface area contributed by atoms with Gasteiger partial charge in [0.25, 0.3) is 0 Å². The molecule has 0 aromatic heterocycles. The summed E-state index contributed by atoms with van der Waals surface area (Å²) in [6.45, 7) is 0. The molecule has 3 rings (SSSR count). The highest BCUT2D eigenvalue weighted by molar-refractivity contribution is 5.86. The molecule has 0 saturated heterocycles. The van der Waals surface area contributed by atoms with Gasteiger partial charge >= 0.3 is 5.97 Å². The third-order valence-corrected chi connectivity index (χ3v) is 5.46. The molecule has 34 heavy (non-hydrogen) atoms. The van der Waals surface area contributed by atoms with E-state index in [4.69, 9.17) is 5.73 Å². The highest BCUT2D eigenvalue weighted by Gasteiger charge is 2.25. The van der Waals surface area contributed by atoms with E-state index in [9.17, 15) is 19.5 Å². The van der Waals surface area contributed by atoms with Gasteiger partial charge in [-0.3, -0.25) is 9.59 Å². The highest BCUT2D eigenvalue weighted by atomic mass is 16.4. The Kier molecular flexibility index (Phi) is 8.94. The van der Waals surface area contributed by atoms with Crippen LogP contribution in [0.1, 0.15) is 29.2 Å². The van der Waals surface area contributed by atoms with Crippen LogP contribution in [0, 0.1) is 0 Å². The van der Waals surface area contributed by atoms with Crippen molar-refractivity contribution in [3.63, 3.8) is 0 Å². The number of hydrogen-bond acceptors (Lipinski definition) is 4. The van der Waals surface area contributed by atoms with Gasteiger partial charge in [0.2, 0.25) is 11.8 Å². The number of nitrogens with two attached hydrogens (primary N) is 1. The van der Waals surface area contributed by atoms with Crippen molar-refractivity contribution < 1.29 is 19.5 Å². The zero-order chi connectivity index (χ0) is 24.3. The van der Waals surface area contributed by atoms with Crippen molar-refractivity contribution in [2.75, 3.05) is 0 Å². The van der Waals surface area contributed by atoms with E-state index in [1.807, 2.05) is 78.9 Å². The first-order valence-electron chi connectivity index (χ1n) is 11.1. The topological polar surface area (TPSA) is 122 Å². The van der Waals surface area contributed by atoms with E-state index >= 15 is 0 Å². The van der Waals surface area contributed by atoms with Crippen LogP contribution in [-0.4, -0.2) is 35.0 Å². The second-order valence-corrected chi connectivity index (χ2v) is 8.12. The lowest BCUT2D eigenvalue weighted by atomic mass is 10.0. The molecule has 0 radical (unpaired) electrons. The molecular formula is C27H29N3O4. The minimum atomic E-state index is -1.12. The summed E-state index contributed by atoms with van der Waals surface area (Å²) >= 11 is 0. The maximum Gasteiger partial charge on any atom is 0.326 e. The van der Waals surface area contributed by atoms with Gasteiger partial charge in [-0.15, -0.1) is 0 Å².